The zero-order valence-corrected chi connectivity index (χ0v) is 26.4. The van der Waals surface area contributed by atoms with Crippen LogP contribution in [0.2, 0.25) is 5.02 Å². The molecule has 3 unspecified atom stereocenters. The van der Waals surface area contributed by atoms with Crippen LogP contribution in [0.25, 0.3) is 0 Å². The fraction of sp³-hybridized carbons (Fsp3) is 0.656. The topological polar surface area (TPSA) is 143 Å². The summed E-state index contributed by atoms with van der Waals surface area (Å²) in [7, 11) is 0. The van der Waals surface area contributed by atoms with Gasteiger partial charge in [-0.25, -0.2) is 14.4 Å². The summed E-state index contributed by atoms with van der Waals surface area (Å²) in [6, 6.07) is 4.71. The molecule has 0 aliphatic carbocycles. The average Bonchev–Trinajstić information content (AvgIpc) is 3.06. The monoisotopic (exact) mass is 649 g/mol. The first-order chi connectivity index (χ1) is 21.7. The normalized spacial score (nSPS) is 20.9. The Bertz CT molecular complexity index is 1260. The number of halogens is 2. The summed E-state index contributed by atoms with van der Waals surface area (Å²) in [5.74, 6) is 1.20. The number of aliphatic hydroxyl groups excluding tert-OH is 4. The molecule has 248 valence electrons. The maximum atomic E-state index is 14.9. The molecule has 3 saturated heterocycles. The molecule has 2 aromatic rings. The first kappa shape index (κ1) is 33.7. The highest BCUT2D eigenvalue weighted by molar-refractivity contribution is 6.30. The summed E-state index contributed by atoms with van der Waals surface area (Å²) in [6.07, 6.45) is 5.61. The minimum absolute atomic E-state index is 0.0213. The summed E-state index contributed by atoms with van der Waals surface area (Å²) in [5.41, 5.74) is 0.184. The van der Waals surface area contributed by atoms with E-state index in [0.717, 1.165) is 64.6 Å². The number of ether oxygens (including phenoxy) is 1. The molecule has 11 nitrogen and oxygen atoms in total. The molecule has 4 heterocycles. The van der Waals surface area contributed by atoms with E-state index < -0.39 is 30.7 Å². The van der Waals surface area contributed by atoms with Crippen LogP contribution in [0, 0.1) is 11.7 Å². The van der Waals surface area contributed by atoms with Crippen LogP contribution in [0.15, 0.2) is 30.6 Å². The maximum absolute atomic E-state index is 14.9. The molecule has 3 fully saturated rings. The number of benzene rings is 1. The molecule has 3 aliphatic rings. The van der Waals surface area contributed by atoms with Gasteiger partial charge in [0.15, 0.2) is 0 Å². The molecule has 45 heavy (non-hydrogen) atoms. The van der Waals surface area contributed by atoms with Crippen LogP contribution < -0.4 is 9.64 Å². The number of likely N-dealkylation sites (tertiary alicyclic amines) is 2. The summed E-state index contributed by atoms with van der Waals surface area (Å²) in [6.45, 7) is 3.70. The Labute approximate surface area is 268 Å². The van der Waals surface area contributed by atoms with Crippen LogP contribution >= 0.6 is 11.6 Å². The van der Waals surface area contributed by atoms with Crippen molar-refractivity contribution in [3.63, 3.8) is 0 Å². The minimum atomic E-state index is -1.42. The summed E-state index contributed by atoms with van der Waals surface area (Å²) in [5, 5.41) is 39.5. The SMILES string of the molecule is O=C(Cc1ccc(OCCCC2CCN(c3ncc(Cl)cn3)CC2)cc1F)N1CCC2(CC1)CCN2CC(O)C(O)C(O)CO. The van der Waals surface area contributed by atoms with Crippen LogP contribution in [0.4, 0.5) is 10.3 Å². The van der Waals surface area contributed by atoms with Crippen molar-refractivity contribution >= 4 is 23.5 Å². The molecular weight excluding hydrogens is 605 g/mol. The Morgan fingerprint density at radius 1 is 1.04 bits per heavy atom. The molecule has 13 heteroatoms. The Morgan fingerprint density at radius 3 is 2.36 bits per heavy atom. The predicted octanol–water partition coefficient (Wildman–Crippen LogP) is 2.03. The van der Waals surface area contributed by atoms with E-state index in [-0.39, 0.29) is 24.4 Å². The lowest BCUT2D eigenvalue weighted by Crippen LogP contribution is -2.66. The number of piperidine rings is 2. The number of rotatable bonds is 13. The molecule has 1 spiro atoms. The van der Waals surface area contributed by atoms with Gasteiger partial charge in [-0.15, -0.1) is 0 Å². The first-order valence-electron chi connectivity index (χ1n) is 16.0. The van der Waals surface area contributed by atoms with Crippen molar-refractivity contribution in [1.29, 1.82) is 0 Å². The minimum Gasteiger partial charge on any atom is -0.493 e. The van der Waals surface area contributed by atoms with E-state index >= 15 is 0 Å². The van der Waals surface area contributed by atoms with Crippen molar-refractivity contribution in [1.82, 2.24) is 19.8 Å². The molecule has 3 atom stereocenters. The summed E-state index contributed by atoms with van der Waals surface area (Å²) in [4.78, 5) is 27.7. The summed E-state index contributed by atoms with van der Waals surface area (Å²) < 4.78 is 20.8. The second-order valence-electron chi connectivity index (χ2n) is 12.7. The van der Waals surface area contributed by atoms with Gasteiger partial charge in [0.25, 0.3) is 0 Å². The second-order valence-corrected chi connectivity index (χ2v) is 13.1. The number of hydrogen-bond donors (Lipinski definition) is 4. The van der Waals surface area contributed by atoms with E-state index in [9.17, 15) is 24.5 Å². The molecule has 1 aromatic carbocycles. The van der Waals surface area contributed by atoms with Crippen LogP contribution in [-0.4, -0.2) is 122 Å². The van der Waals surface area contributed by atoms with Crippen LogP contribution in [0.5, 0.6) is 5.75 Å². The quantitative estimate of drug-likeness (QED) is 0.238. The van der Waals surface area contributed by atoms with Gasteiger partial charge in [0.1, 0.15) is 23.8 Å². The number of amides is 1. The lowest BCUT2D eigenvalue weighted by molar-refractivity contribution is -0.140. The van der Waals surface area contributed by atoms with Crippen LogP contribution in [0.1, 0.15) is 50.5 Å². The predicted molar refractivity (Wildman–Crippen MR) is 167 cm³/mol. The maximum Gasteiger partial charge on any atom is 0.227 e. The van der Waals surface area contributed by atoms with Crippen LogP contribution in [0.3, 0.4) is 0 Å². The number of carbonyl (C=O) groups excluding carboxylic acids is 1. The fourth-order valence-corrected chi connectivity index (χ4v) is 6.89. The van der Waals surface area contributed by atoms with Crippen molar-refractivity contribution in [2.45, 2.75) is 75.2 Å². The standard InChI is InChI=1S/C32H45ClFN5O6/c33-24-18-35-31(36-19-24)38-10-5-22(6-11-38)2-1-15-45-25-4-3-23(26(34)17-25)16-29(43)37-12-7-32(8-13-37)9-14-39(32)20-27(41)30(44)28(42)21-40/h3-4,17-19,22,27-28,30,40-42,44H,1-2,5-16,20-21H2. The van der Waals surface area contributed by atoms with Gasteiger partial charge in [0.05, 0.1) is 43.2 Å². The number of aliphatic hydroxyl groups is 4. The summed E-state index contributed by atoms with van der Waals surface area (Å²) >= 11 is 5.89. The largest absolute Gasteiger partial charge is 0.493 e. The highest BCUT2D eigenvalue weighted by Gasteiger charge is 2.48. The third kappa shape index (κ3) is 8.41. The number of anilines is 1. The lowest BCUT2D eigenvalue weighted by Gasteiger charge is -2.57. The second kappa shape index (κ2) is 15.3. The molecule has 0 saturated carbocycles. The Balaban J connectivity index is 0.998. The fourth-order valence-electron chi connectivity index (χ4n) is 6.80. The van der Waals surface area contributed by atoms with Gasteiger partial charge in [-0.05, 0) is 62.5 Å². The smallest absolute Gasteiger partial charge is 0.227 e. The molecule has 4 N–H and O–H groups in total. The molecule has 1 aromatic heterocycles. The van der Waals surface area contributed by atoms with Gasteiger partial charge in [0.2, 0.25) is 11.9 Å². The number of nitrogens with zero attached hydrogens (tertiary/aromatic N) is 5. The third-order valence-electron chi connectivity index (χ3n) is 9.84. The van der Waals surface area contributed by atoms with Crippen molar-refractivity contribution in [2.75, 3.05) is 57.4 Å². The van der Waals surface area contributed by atoms with E-state index in [1.165, 1.54) is 6.07 Å². The van der Waals surface area contributed by atoms with Crippen molar-refractivity contribution in [2.24, 2.45) is 5.92 Å². The van der Waals surface area contributed by atoms with Crippen LogP contribution in [-0.2, 0) is 11.2 Å². The van der Waals surface area contributed by atoms with E-state index in [0.29, 0.717) is 47.9 Å². The highest BCUT2D eigenvalue weighted by atomic mass is 35.5. The molecule has 3 aliphatic heterocycles. The van der Waals surface area contributed by atoms with Crippen molar-refractivity contribution in [3.05, 3.63) is 47.0 Å². The Hall–Kier alpha value is -2.61. The molecule has 0 radical (unpaired) electrons. The van der Waals surface area contributed by atoms with Gasteiger partial charge >= 0.3 is 0 Å². The van der Waals surface area contributed by atoms with Crippen molar-refractivity contribution in [3.8, 4) is 5.75 Å². The number of hydrogen-bond acceptors (Lipinski definition) is 10. The number of β-amino-alcohol motifs (C(OH)–C–C–N with tert-alkyl or cyclic N) is 1. The van der Waals surface area contributed by atoms with E-state index in [2.05, 4.69) is 19.8 Å². The lowest BCUT2D eigenvalue weighted by atomic mass is 9.76. The third-order valence-corrected chi connectivity index (χ3v) is 10.0. The average molecular weight is 650 g/mol. The van der Waals surface area contributed by atoms with Gasteiger partial charge in [-0.3, -0.25) is 9.69 Å². The van der Waals surface area contributed by atoms with Gasteiger partial charge < -0.3 is 35.0 Å². The Morgan fingerprint density at radius 2 is 1.73 bits per heavy atom. The van der Waals surface area contributed by atoms with Gasteiger partial charge in [-0.2, -0.15) is 0 Å². The van der Waals surface area contributed by atoms with E-state index in [1.54, 1.807) is 29.4 Å². The van der Waals surface area contributed by atoms with E-state index in [1.807, 2.05) is 0 Å². The highest BCUT2D eigenvalue weighted by Crippen LogP contribution is 2.40. The zero-order chi connectivity index (χ0) is 32.0. The number of carbonyl (C=O) groups is 1. The van der Waals surface area contributed by atoms with Gasteiger partial charge in [-0.1, -0.05) is 17.7 Å². The zero-order valence-electron chi connectivity index (χ0n) is 25.6. The first-order valence-corrected chi connectivity index (χ1v) is 16.4. The molecule has 0 bridgehead atoms. The van der Waals surface area contributed by atoms with Gasteiger partial charge in [0, 0.05) is 50.9 Å². The molecule has 1 amide bonds. The van der Waals surface area contributed by atoms with E-state index in [4.69, 9.17) is 21.4 Å². The van der Waals surface area contributed by atoms with Crippen molar-refractivity contribution < 1.29 is 34.3 Å². The number of aromatic nitrogens is 2. The Kier molecular flexibility index (Phi) is 11.5. The molecule has 5 rings (SSSR count). The molecular formula is C32H45ClFN5O6.